The maximum absolute atomic E-state index is 11.5. The van der Waals surface area contributed by atoms with Crippen LogP contribution in [-0.4, -0.2) is 24.0 Å². The average molecular weight is 341 g/mol. The minimum absolute atomic E-state index is 0.697. The summed E-state index contributed by atoms with van der Waals surface area (Å²) in [6, 6.07) is 6.29. The van der Waals surface area contributed by atoms with E-state index in [0.29, 0.717) is 0 Å². The van der Waals surface area contributed by atoms with Gasteiger partial charge in [-0.2, -0.15) is 0 Å². The minimum Gasteiger partial charge on any atom is -0.449 e. The number of rotatable bonds is 4. The second-order valence-corrected chi connectivity index (χ2v) is 4.74. The van der Waals surface area contributed by atoms with Gasteiger partial charge in [-0.3, -0.25) is 10.1 Å². The molecular weight excluding hydrogens is 328 g/mol. The van der Waals surface area contributed by atoms with Crippen LogP contribution in [0.2, 0.25) is 0 Å². The fourth-order valence-electron chi connectivity index (χ4n) is 1.26. The first-order valence-electron chi connectivity index (χ1n) is 5.63. The van der Waals surface area contributed by atoms with Crippen molar-refractivity contribution < 1.29 is 19.1 Å². The van der Waals surface area contributed by atoms with Gasteiger partial charge in [0.2, 0.25) is 0 Å². The summed E-state index contributed by atoms with van der Waals surface area (Å²) in [6.45, 7) is 1.34. The Morgan fingerprint density at radius 1 is 1.40 bits per heavy atom. The lowest BCUT2D eigenvalue weighted by Gasteiger charge is -2.10. The predicted molar refractivity (Wildman–Crippen MR) is 76.5 cm³/mol. The van der Waals surface area contributed by atoms with Gasteiger partial charge in [0, 0.05) is 10.5 Å². The summed E-state index contributed by atoms with van der Waals surface area (Å²) in [5, 5.41) is 1.82. The van der Waals surface area contributed by atoms with E-state index in [-0.39, 0.29) is 0 Å². The SMILES string of the molecule is CC(OC(=O)C=Cc1cccc(Br)c1)C(=O)NC(N)=O. The van der Waals surface area contributed by atoms with Crippen LogP contribution in [0, 0.1) is 0 Å². The van der Waals surface area contributed by atoms with Gasteiger partial charge in [-0.25, -0.2) is 9.59 Å². The zero-order valence-electron chi connectivity index (χ0n) is 10.6. The van der Waals surface area contributed by atoms with Crippen molar-refractivity contribution in [1.82, 2.24) is 5.32 Å². The average Bonchev–Trinajstić information content (AvgIpc) is 2.35. The van der Waals surface area contributed by atoms with E-state index < -0.39 is 24.0 Å². The number of amides is 3. The fourth-order valence-corrected chi connectivity index (χ4v) is 1.68. The van der Waals surface area contributed by atoms with Crippen molar-refractivity contribution in [2.75, 3.05) is 0 Å². The van der Waals surface area contributed by atoms with Crippen molar-refractivity contribution in [1.29, 1.82) is 0 Å². The monoisotopic (exact) mass is 340 g/mol. The Labute approximate surface area is 124 Å². The quantitative estimate of drug-likeness (QED) is 0.642. The van der Waals surface area contributed by atoms with E-state index in [4.69, 9.17) is 10.5 Å². The molecule has 1 rings (SSSR count). The molecule has 0 aliphatic carbocycles. The number of nitrogens with two attached hydrogens (primary N) is 1. The van der Waals surface area contributed by atoms with E-state index in [1.807, 2.05) is 23.5 Å². The zero-order chi connectivity index (χ0) is 15.1. The van der Waals surface area contributed by atoms with Gasteiger partial charge in [0.05, 0.1) is 0 Å². The van der Waals surface area contributed by atoms with Crippen LogP contribution in [0.4, 0.5) is 4.79 Å². The third-order valence-corrected chi connectivity index (χ3v) is 2.66. The molecule has 6 nitrogen and oxygen atoms in total. The number of nitrogens with one attached hydrogen (secondary N) is 1. The van der Waals surface area contributed by atoms with Crippen molar-refractivity contribution in [3.05, 3.63) is 40.4 Å². The highest BCUT2D eigenvalue weighted by molar-refractivity contribution is 9.10. The Balaban J connectivity index is 2.55. The zero-order valence-corrected chi connectivity index (χ0v) is 12.2. The second kappa shape index (κ2) is 7.44. The molecule has 0 aromatic heterocycles. The molecule has 7 heteroatoms. The number of halogens is 1. The van der Waals surface area contributed by atoms with Crippen LogP contribution in [0.15, 0.2) is 34.8 Å². The number of carbonyl (C=O) groups excluding carboxylic acids is 3. The molecule has 0 saturated carbocycles. The molecule has 0 bridgehead atoms. The van der Waals surface area contributed by atoms with E-state index in [0.717, 1.165) is 10.0 Å². The number of benzene rings is 1. The highest BCUT2D eigenvalue weighted by Crippen LogP contribution is 2.12. The van der Waals surface area contributed by atoms with Gasteiger partial charge in [-0.15, -0.1) is 0 Å². The number of urea groups is 1. The molecule has 0 radical (unpaired) electrons. The van der Waals surface area contributed by atoms with Gasteiger partial charge in [-0.05, 0) is 30.7 Å². The Bertz CT molecular complexity index is 557. The van der Waals surface area contributed by atoms with Gasteiger partial charge in [0.1, 0.15) is 0 Å². The molecule has 106 valence electrons. The largest absolute Gasteiger partial charge is 0.449 e. The van der Waals surface area contributed by atoms with Crippen LogP contribution in [-0.2, 0) is 14.3 Å². The molecule has 1 aromatic carbocycles. The standard InChI is InChI=1S/C13H13BrN2O4/c1-8(12(18)16-13(15)19)20-11(17)6-5-9-3-2-4-10(14)7-9/h2-8H,1H3,(H3,15,16,18,19). The van der Waals surface area contributed by atoms with Gasteiger partial charge in [0.15, 0.2) is 6.10 Å². The first-order chi connectivity index (χ1) is 9.38. The Kier molecular flexibility index (Phi) is 5.92. The summed E-state index contributed by atoms with van der Waals surface area (Å²) in [5.74, 6) is -1.47. The molecule has 1 atom stereocenters. The van der Waals surface area contributed by atoms with Gasteiger partial charge in [0.25, 0.3) is 5.91 Å². The summed E-state index contributed by atoms with van der Waals surface area (Å²) in [7, 11) is 0. The van der Waals surface area contributed by atoms with E-state index in [1.165, 1.54) is 13.0 Å². The van der Waals surface area contributed by atoms with Crippen LogP contribution in [0.5, 0.6) is 0 Å². The first kappa shape index (κ1) is 15.9. The summed E-state index contributed by atoms with van der Waals surface area (Å²) in [6.07, 6.45) is 1.63. The Morgan fingerprint density at radius 2 is 2.10 bits per heavy atom. The molecule has 0 aliphatic heterocycles. The predicted octanol–water partition coefficient (Wildman–Crippen LogP) is 1.59. The van der Waals surface area contributed by atoms with E-state index >= 15 is 0 Å². The third kappa shape index (κ3) is 5.66. The third-order valence-electron chi connectivity index (χ3n) is 2.17. The van der Waals surface area contributed by atoms with Crippen molar-refractivity contribution >= 4 is 39.9 Å². The molecule has 3 N–H and O–H groups in total. The maximum atomic E-state index is 11.5. The lowest BCUT2D eigenvalue weighted by Crippen LogP contribution is -2.42. The van der Waals surface area contributed by atoms with Gasteiger partial charge in [-0.1, -0.05) is 28.1 Å². The summed E-state index contributed by atoms with van der Waals surface area (Å²) in [5.41, 5.74) is 5.58. The summed E-state index contributed by atoms with van der Waals surface area (Å²) < 4.78 is 5.68. The highest BCUT2D eigenvalue weighted by atomic mass is 79.9. The van der Waals surface area contributed by atoms with Crippen LogP contribution in [0.3, 0.4) is 0 Å². The van der Waals surface area contributed by atoms with Crippen LogP contribution < -0.4 is 11.1 Å². The number of hydrogen-bond donors (Lipinski definition) is 2. The molecule has 0 saturated heterocycles. The molecule has 3 amide bonds. The lowest BCUT2D eigenvalue weighted by atomic mass is 10.2. The van der Waals surface area contributed by atoms with Crippen molar-refractivity contribution in [2.24, 2.45) is 5.73 Å². The van der Waals surface area contributed by atoms with Crippen LogP contribution in [0.25, 0.3) is 6.08 Å². The van der Waals surface area contributed by atoms with E-state index in [2.05, 4.69) is 15.9 Å². The maximum Gasteiger partial charge on any atom is 0.331 e. The number of imide groups is 1. The van der Waals surface area contributed by atoms with Gasteiger partial charge >= 0.3 is 12.0 Å². The molecule has 0 heterocycles. The smallest absolute Gasteiger partial charge is 0.331 e. The first-order valence-corrected chi connectivity index (χ1v) is 6.42. The molecule has 20 heavy (non-hydrogen) atoms. The topological polar surface area (TPSA) is 98.5 Å². The molecule has 1 unspecified atom stereocenters. The second-order valence-electron chi connectivity index (χ2n) is 3.82. The van der Waals surface area contributed by atoms with Crippen LogP contribution in [0.1, 0.15) is 12.5 Å². The molecule has 0 fully saturated rings. The van der Waals surface area contributed by atoms with Crippen molar-refractivity contribution in [3.8, 4) is 0 Å². The number of hydrogen-bond acceptors (Lipinski definition) is 4. The molecule has 0 aliphatic rings. The highest BCUT2D eigenvalue weighted by Gasteiger charge is 2.17. The normalized spacial score (nSPS) is 11.9. The van der Waals surface area contributed by atoms with Crippen LogP contribution >= 0.6 is 15.9 Å². The number of carbonyl (C=O) groups is 3. The summed E-state index contributed by atoms with van der Waals surface area (Å²) in [4.78, 5) is 33.2. The lowest BCUT2D eigenvalue weighted by molar-refractivity contribution is -0.149. The number of primary amides is 1. The number of esters is 1. The fraction of sp³-hybridized carbons (Fsp3) is 0.154. The Hall–Kier alpha value is -2.15. The summed E-state index contributed by atoms with van der Waals surface area (Å²) >= 11 is 3.30. The molecular formula is C13H13BrN2O4. The Morgan fingerprint density at radius 3 is 2.70 bits per heavy atom. The van der Waals surface area contributed by atoms with E-state index in [1.54, 1.807) is 12.1 Å². The molecule has 0 spiro atoms. The number of ether oxygens (including phenoxy) is 1. The minimum atomic E-state index is -1.11. The van der Waals surface area contributed by atoms with E-state index in [9.17, 15) is 14.4 Å². The van der Waals surface area contributed by atoms with Crippen molar-refractivity contribution in [2.45, 2.75) is 13.0 Å². The van der Waals surface area contributed by atoms with Gasteiger partial charge < -0.3 is 10.5 Å². The molecule has 1 aromatic rings. The van der Waals surface area contributed by atoms with Crippen molar-refractivity contribution in [3.63, 3.8) is 0 Å².